The molecule has 7 heteroatoms. The van der Waals surface area contributed by atoms with Gasteiger partial charge in [-0.15, -0.1) is 0 Å². The van der Waals surface area contributed by atoms with Crippen LogP contribution >= 0.6 is 11.3 Å². The Kier molecular flexibility index (Phi) is 5.99. The Bertz CT molecular complexity index is 1000. The number of hydrogen-bond donors (Lipinski definition) is 1. The number of amides is 2. The summed E-state index contributed by atoms with van der Waals surface area (Å²) in [5.74, 6) is 0.345. The number of carbonyl (C=O) groups is 2. The third-order valence-corrected chi connectivity index (χ3v) is 6.43. The van der Waals surface area contributed by atoms with Crippen LogP contribution in [0.4, 0.5) is 5.13 Å². The van der Waals surface area contributed by atoms with Crippen LogP contribution in [0.1, 0.15) is 43.5 Å². The highest BCUT2D eigenvalue weighted by Gasteiger charge is 2.28. The van der Waals surface area contributed by atoms with E-state index in [1.54, 1.807) is 24.3 Å². The van der Waals surface area contributed by atoms with Gasteiger partial charge in [0.15, 0.2) is 11.7 Å². The number of benzene rings is 2. The van der Waals surface area contributed by atoms with Gasteiger partial charge in [0.25, 0.3) is 11.8 Å². The van der Waals surface area contributed by atoms with E-state index < -0.39 is 0 Å². The van der Waals surface area contributed by atoms with Gasteiger partial charge in [-0.3, -0.25) is 14.9 Å². The maximum Gasteiger partial charge on any atom is 0.260 e. The lowest BCUT2D eigenvalue weighted by molar-refractivity contribution is -0.139. The zero-order valence-electron chi connectivity index (χ0n) is 17.1. The van der Waals surface area contributed by atoms with E-state index in [0.717, 1.165) is 29.5 Å². The first-order valence-corrected chi connectivity index (χ1v) is 11.0. The van der Waals surface area contributed by atoms with E-state index in [0.29, 0.717) is 16.4 Å². The number of nitrogens with one attached hydrogen (secondary N) is 1. The van der Waals surface area contributed by atoms with Crippen LogP contribution in [-0.4, -0.2) is 40.4 Å². The van der Waals surface area contributed by atoms with Crippen LogP contribution in [0.25, 0.3) is 10.2 Å². The van der Waals surface area contributed by atoms with Gasteiger partial charge in [0.05, 0.1) is 10.2 Å². The molecule has 3 aromatic rings. The topological polar surface area (TPSA) is 71.5 Å². The Morgan fingerprint density at radius 3 is 2.50 bits per heavy atom. The summed E-state index contributed by atoms with van der Waals surface area (Å²) in [6.45, 7) is 4.19. The van der Waals surface area contributed by atoms with Crippen LogP contribution in [0.5, 0.6) is 5.75 Å². The summed E-state index contributed by atoms with van der Waals surface area (Å²) in [6.07, 6.45) is 3.23. The van der Waals surface area contributed by atoms with Crippen molar-refractivity contribution < 1.29 is 14.3 Å². The van der Waals surface area contributed by atoms with Crippen LogP contribution in [0.15, 0.2) is 48.5 Å². The minimum Gasteiger partial charge on any atom is -0.484 e. The van der Waals surface area contributed by atoms with Crippen LogP contribution in [0.3, 0.4) is 0 Å². The molecule has 1 aliphatic heterocycles. The molecule has 30 heavy (non-hydrogen) atoms. The van der Waals surface area contributed by atoms with Gasteiger partial charge in [-0.2, -0.15) is 0 Å². The number of fused-ring (bicyclic) bond motifs is 1. The van der Waals surface area contributed by atoms with E-state index in [1.165, 1.54) is 11.3 Å². The molecule has 156 valence electrons. The molecule has 0 saturated carbocycles. The van der Waals surface area contributed by atoms with E-state index in [1.807, 2.05) is 29.2 Å². The molecular weight excluding hydrogens is 398 g/mol. The van der Waals surface area contributed by atoms with E-state index >= 15 is 0 Å². The van der Waals surface area contributed by atoms with Crippen molar-refractivity contribution in [3.05, 3.63) is 54.1 Å². The second-order valence-corrected chi connectivity index (χ2v) is 8.71. The molecule has 0 aliphatic carbocycles. The second kappa shape index (κ2) is 8.83. The number of piperidine rings is 1. The Hall–Kier alpha value is -2.93. The van der Waals surface area contributed by atoms with Gasteiger partial charge in [-0.05, 0) is 69.5 Å². The second-order valence-electron chi connectivity index (χ2n) is 7.68. The number of nitrogens with zero attached hydrogens (tertiary/aromatic N) is 2. The highest BCUT2D eigenvalue weighted by Crippen LogP contribution is 2.26. The number of para-hydroxylation sites is 1. The standard InChI is InChI=1S/C23H25N3O3S/c1-15-6-5-7-16(2)26(15)21(27)14-29-18-12-10-17(11-13-18)22(28)25-23-24-19-8-3-4-9-20(19)30-23/h3-4,8-13,15-16H,5-7,14H2,1-2H3,(H,24,25,28). The van der Waals surface area contributed by atoms with E-state index in [-0.39, 0.29) is 30.5 Å². The van der Waals surface area contributed by atoms with E-state index in [9.17, 15) is 9.59 Å². The fraction of sp³-hybridized carbons (Fsp3) is 0.348. The average molecular weight is 424 g/mol. The first-order valence-electron chi connectivity index (χ1n) is 10.2. The summed E-state index contributed by atoms with van der Waals surface area (Å²) in [5.41, 5.74) is 1.37. The summed E-state index contributed by atoms with van der Waals surface area (Å²) < 4.78 is 6.70. The van der Waals surface area contributed by atoms with Crippen molar-refractivity contribution in [2.45, 2.75) is 45.2 Å². The molecule has 6 nitrogen and oxygen atoms in total. The molecule has 2 unspecified atom stereocenters. The highest BCUT2D eigenvalue weighted by molar-refractivity contribution is 7.22. The van der Waals surface area contributed by atoms with Crippen LogP contribution in [-0.2, 0) is 4.79 Å². The average Bonchev–Trinajstić information content (AvgIpc) is 3.14. The zero-order valence-corrected chi connectivity index (χ0v) is 17.9. The van der Waals surface area contributed by atoms with E-state index in [4.69, 9.17) is 4.74 Å². The fourth-order valence-corrected chi connectivity index (χ4v) is 4.79. The lowest BCUT2D eigenvalue weighted by atomic mass is 9.97. The lowest BCUT2D eigenvalue weighted by Gasteiger charge is -2.38. The predicted molar refractivity (Wildman–Crippen MR) is 119 cm³/mol. The van der Waals surface area contributed by atoms with Gasteiger partial charge in [0.1, 0.15) is 5.75 Å². The summed E-state index contributed by atoms with van der Waals surface area (Å²) >= 11 is 1.44. The Balaban J connectivity index is 1.34. The van der Waals surface area contributed by atoms with Crippen molar-refractivity contribution >= 4 is 38.5 Å². The number of likely N-dealkylation sites (tertiary alicyclic amines) is 1. The van der Waals surface area contributed by atoms with Gasteiger partial charge in [-0.25, -0.2) is 4.98 Å². The molecule has 0 bridgehead atoms. The molecule has 2 amide bonds. The van der Waals surface area contributed by atoms with Crippen molar-refractivity contribution in [2.24, 2.45) is 0 Å². The molecule has 1 aliphatic rings. The molecule has 2 atom stereocenters. The van der Waals surface area contributed by atoms with E-state index in [2.05, 4.69) is 24.1 Å². The quantitative estimate of drug-likeness (QED) is 0.645. The van der Waals surface area contributed by atoms with Gasteiger partial charge in [0.2, 0.25) is 0 Å². The van der Waals surface area contributed by atoms with Gasteiger partial charge >= 0.3 is 0 Å². The number of carbonyl (C=O) groups excluding carboxylic acids is 2. The van der Waals surface area contributed by atoms with Gasteiger partial charge in [0, 0.05) is 17.6 Å². The third kappa shape index (κ3) is 4.46. The van der Waals surface area contributed by atoms with Crippen molar-refractivity contribution in [3.8, 4) is 5.75 Å². The Morgan fingerprint density at radius 2 is 1.80 bits per heavy atom. The predicted octanol–water partition coefficient (Wildman–Crippen LogP) is 4.72. The zero-order chi connectivity index (χ0) is 21.1. The third-order valence-electron chi connectivity index (χ3n) is 5.47. The largest absolute Gasteiger partial charge is 0.484 e. The first kappa shape index (κ1) is 20.3. The van der Waals surface area contributed by atoms with Crippen molar-refractivity contribution in [1.29, 1.82) is 0 Å². The molecule has 1 N–H and O–H groups in total. The van der Waals surface area contributed by atoms with Crippen LogP contribution < -0.4 is 10.1 Å². The number of rotatable bonds is 5. The smallest absolute Gasteiger partial charge is 0.260 e. The normalized spacial score (nSPS) is 18.9. The maximum absolute atomic E-state index is 12.6. The molecule has 1 saturated heterocycles. The number of anilines is 1. The van der Waals surface area contributed by atoms with Gasteiger partial charge < -0.3 is 9.64 Å². The minimum atomic E-state index is -0.229. The van der Waals surface area contributed by atoms with Crippen molar-refractivity contribution in [3.63, 3.8) is 0 Å². The molecule has 1 aromatic heterocycles. The molecule has 1 fully saturated rings. The summed E-state index contributed by atoms with van der Waals surface area (Å²) in [5, 5.41) is 3.40. The summed E-state index contributed by atoms with van der Waals surface area (Å²) in [6, 6.07) is 15.1. The Morgan fingerprint density at radius 1 is 1.10 bits per heavy atom. The first-order chi connectivity index (χ1) is 14.5. The maximum atomic E-state index is 12.6. The molecule has 2 heterocycles. The summed E-state index contributed by atoms with van der Waals surface area (Å²) in [4.78, 5) is 31.4. The minimum absolute atomic E-state index is 0.00588. The fourth-order valence-electron chi connectivity index (χ4n) is 3.93. The lowest BCUT2D eigenvalue weighted by Crippen LogP contribution is -2.49. The SMILES string of the molecule is CC1CCCC(C)N1C(=O)COc1ccc(C(=O)Nc2nc3ccccc3s2)cc1. The molecule has 4 rings (SSSR count). The number of thiazole rings is 1. The monoisotopic (exact) mass is 423 g/mol. The van der Waals surface area contributed by atoms with Crippen LogP contribution in [0.2, 0.25) is 0 Å². The summed E-state index contributed by atoms with van der Waals surface area (Å²) in [7, 11) is 0. The molecule has 2 aromatic carbocycles. The molecule has 0 spiro atoms. The highest BCUT2D eigenvalue weighted by atomic mass is 32.1. The van der Waals surface area contributed by atoms with Crippen molar-refractivity contribution in [2.75, 3.05) is 11.9 Å². The number of aromatic nitrogens is 1. The Labute approximate surface area is 179 Å². The van der Waals surface area contributed by atoms with Crippen molar-refractivity contribution in [1.82, 2.24) is 9.88 Å². The number of ether oxygens (including phenoxy) is 1. The van der Waals surface area contributed by atoms with Gasteiger partial charge in [-0.1, -0.05) is 23.5 Å². The molecule has 0 radical (unpaired) electrons. The molecular formula is C23H25N3O3S. The number of hydrogen-bond acceptors (Lipinski definition) is 5. The van der Waals surface area contributed by atoms with Crippen LogP contribution in [0, 0.1) is 0 Å².